The number of halogens is 3. The fourth-order valence-corrected chi connectivity index (χ4v) is 3.83. The fourth-order valence-electron chi connectivity index (χ4n) is 2.60. The number of aryl methyl sites for hydroxylation is 1. The predicted molar refractivity (Wildman–Crippen MR) is 100 cm³/mol. The van der Waals surface area contributed by atoms with E-state index < -0.39 is 34.4 Å². The van der Waals surface area contributed by atoms with Crippen LogP contribution >= 0.6 is 0 Å². The largest absolute Gasteiger partial charge is 0.471 e. The Bertz CT molecular complexity index is 1170. The Morgan fingerprint density at radius 1 is 1.13 bits per heavy atom. The van der Waals surface area contributed by atoms with Gasteiger partial charge in [0.2, 0.25) is 15.8 Å². The molecule has 0 atom stereocenters. The lowest BCUT2D eigenvalue weighted by Gasteiger charge is -2.17. The third-order valence-corrected chi connectivity index (χ3v) is 6.00. The fraction of sp³-hybridized carbons (Fsp3) is 0.211. The van der Waals surface area contributed by atoms with Gasteiger partial charge in [0.1, 0.15) is 0 Å². The maximum atomic E-state index is 12.6. The molecule has 0 saturated heterocycles. The van der Waals surface area contributed by atoms with E-state index in [1.54, 1.807) is 19.1 Å². The minimum atomic E-state index is -4.76. The third-order valence-electron chi connectivity index (χ3n) is 4.20. The lowest BCUT2D eigenvalue weighted by atomic mass is 10.1. The molecule has 0 fully saturated rings. The molecule has 0 radical (unpaired) electrons. The van der Waals surface area contributed by atoms with Crippen molar-refractivity contribution in [3.63, 3.8) is 0 Å². The van der Waals surface area contributed by atoms with Crippen LogP contribution in [0.4, 0.5) is 13.2 Å². The van der Waals surface area contributed by atoms with Crippen LogP contribution in [0.15, 0.2) is 57.9 Å². The van der Waals surface area contributed by atoms with Crippen molar-refractivity contribution >= 4 is 15.8 Å². The molecule has 7 nitrogen and oxygen atoms in total. The van der Waals surface area contributed by atoms with Gasteiger partial charge in [-0.1, -0.05) is 41.6 Å². The number of hydrogen-bond donors (Lipinski definition) is 0. The van der Waals surface area contributed by atoms with Gasteiger partial charge in [0.25, 0.3) is 0 Å². The molecule has 3 rings (SSSR count). The summed E-state index contributed by atoms with van der Waals surface area (Å²) in [7, 11) is -2.56. The highest BCUT2D eigenvalue weighted by atomic mass is 32.2. The third kappa shape index (κ3) is 4.57. The lowest BCUT2D eigenvalue weighted by Crippen LogP contribution is -2.32. The molecule has 2 aromatic carbocycles. The molecule has 0 unspecified atom stereocenters. The minimum absolute atomic E-state index is 0.0747. The predicted octanol–water partition coefficient (Wildman–Crippen LogP) is 3.57. The van der Waals surface area contributed by atoms with E-state index in [0.717, 1.165) is 9.87 Å². The van der Waals surface area contributed by atoms with E-state index in [1.165, 1.54) is 43.4 Å². The Morgan fingerprint density at radius 2 is 1.80 bits per heavy atom. The highest BCUT2D eigenvalue weighted by Gasteiger charge is 2.38. The van der Waals surface area contributed by atoms with E-state index >= 15 is 0 Å². The van der Waals surface area contributed by atoms with Crippen molar-refractivity contribution in [3.05, 3.63) is 65.5 Å². The number of ketones is 1. The first-order valence-electron chi connectivity index (χ1n) is 8.56. The Kier molecular flexibility index (Phi) is 5.77. The van der Waals surface area contributed by atoms with Crippen LogP contribution in [0.25, 0.3) is 11.4 Å². The molecule has 0 amide bonds. The van der Waals surface area contributed by atoms with E-state index in [0.29, 0.717) is 0 Å². The van der Waals surface area contributed by atoms with Gasteiger partial charge in [-0.3, -0.25) is 4.79 Å². The van der Waals surface area contributed by atoms with Crippen LogP contribution in [0.2, 0.25) is 0 Å². The van der Waals surface area contributed by atoms with E-state index in [4.69, 9.17) is 0 Å². The summed E-state index contributed by atoms with van der Waals surface area (Å²) in [5.41, 5.74) is 1.16. The smallest absolute Gasteiger partial charge is 0.329 e. The Balaban J connectivity index is 1.74. The zero-order chi connectivity index (χ0) is 22.1. The lowest BCUT2D eigenvalue weighted by molar-refractivity contribution is -0.159. The summed E-state index contributed by atoms with van der Waals surface area (Å²) in [5.74, 6) is -2.23. The van der Waals surface area contributed by atoms with Crippen molar-refractivity contribution in [1.82, 2.24) is 14.4 Å². The summed E-state index contributed by atoms with van der Waals surface area (Å²) in [4.78, 5) is 15.8. The van der Waals surface area contributed by atoms with E-state index in [2.05, 4.69) is 14.7 Å². The number of benzene rings is 2. The normalized spacial score (nSPS) is 12.3. The number of carbonyl (C=O) groups is 1. The van der Waals surface area contributed by atoms with Crippen LogP contribution < -0.4 is 0 Å². The van der Waals surface area contributed by atoms with Gasteiger partial charge < -0.3 is 4.52 Å². The SMILES string of the molecule is Cc1cccc(S(=O)(=O)N(C)CC(=O)c2ccc(-c3noc(C(F)(F)F)n3)cc2)c1. The molecule has 0 N–H and O–H groups in total. The molecule has 30 heavy (non-hydrogen) atoms. The molecular weight excluding hydrogens is 423 g/mol. The molecular formula is C19H16F3N3O4S. The molecule has 1 heterocycles. The Labute approximate surface area is 170 Å². The van der Waals surface area contributed by atoms with Crippen molar-refractivity contribution in [2.75, 3.05) is 13.6 Å². The van der Waals surface area contributed by atoms with E-state index in [1.807, 2.05) is 0 Å². The van der Waals surface area contributed by atoms with Crippen LogP contribution in [-0.2, 0) is 16.2 Å². The van der Waals surface area contributed by atoms with E-state index in [-0.39, 0.29) is 21.8 Å². The summed E-state index contributed by atoms with van der Waals surface area (Å²) in [6.07, 6.45) is -4.76. The molecule has 0 aliphatic heterocycles. The van der Waals surface area contributed by atoms with Crippen LogP contribution in [0.5, 0.6) is 0 Å². The van der Waals surface area contributed by atoms with Crippen molar-refractivity contribution in [3.8, 4) is 11.4 Å². The van der Waals surface area contributed by atoms with Gasteiger partial charge in [-0.15, -0.1) is 0 Å². The molecule has 0 saturated carbocycles. The first-order chi connectivity index (χ1) is 14.0. The molecule has 0 spiro atoms. The number of alkyl halides is 3. The zero-order valence-electron chi connectivity index (χ0n) is 15.8. The summed E-state index contributed by atoms with van der Waals surface area (Å²) in [6.45, 7) is 1.35. The molecule has 0 bridgehead atoms. The highest BCUT2D eigenvalue weighted by molar-refractivity contribution is 7.89. The maximum Gasteiger partial charge on any atom is 0.471 e. The van der Waals surface area contributed by atoms with Gasteiger partial charge in [-0.25, -0.2) is 8.42 Å². The highest BCUT2D eigenvalue weighted by Crippen LogP contribution is 2.29. The van der Waals surface area contributed by atoms with Crippen molar-refractivity contribution < 1.29 is 30.9 Å². The van der Waals surface area contributed by atoms with Gasteiger partial charge >= 0.3 is 12.1 Å². The van der Waals surface area contributed by atoms with Gasteiger partial charge in [0, 0.05) is 18.2 Å². The second-order valence-corrected chi connectivity index (χ2v) is 8.54. The van der Waals surface area contributed by atoms with Crippen LogP contribution in [0.1, 0.15) is 21.8 Å². The molecule has 0 aliphatic rings. The summed E-state index contributed by atoms with van der Waals surface area (Å²) >= 11 is 0. The number of sulfonamides is 1. The summed E-state index contributed by atoms with van der Waals surface area (Å²) < 4.78 is 68.0. The minimum Gasteiger partial charge on any atom is -0.329 e. The molecule has 158 valence electrons. The second kappa shape index (κ2) is 8.00. The number of hydrogen-bond acceptors (Lipinski definition) is 6. The number of aromatic nitrogens is 2. The molecule has 1 aromatic heterocycles. The van der Waals surface area contributed by atoms with Crippen molar-refractivity contribution in [2.45, 2.75) is 18.0 Å². The van der Waals surface area contributed by atoms with Crippen LogP contribution in [-0.4, -0.2) is 42.2 Å². The van der Waals surface area contributed by atoms with Crippen LogP contribution in [0, 0.1) is 6.92 Å². The summed E-state index contributed by atoms with van der Waals surface area (Å²) in [6, 6.07) is 11.7. The van der Waals surface area contributed by atoms with Crippen LogP contribution in [0.3, 0.4) is 0 Å². The van der Waals surface area contributed by atoms with Gasteiger partial charge in [-0.05, 0) is 24.6 Å². The van der Waals surface area contributed by atoms with Crippen molar-refractivity contribution in [1.29, 1.82) is 0 Å². The number of likely N-dealkylation sites (N-methyl/N-ethyl adjacent to an activating group) is 1. The number of rotatable bonds is 6. The average molecular weight is 439 g/mol. The first kappa shape index (κ1) is 21.7. The monoisotopic (exact) mass is 439 g/mol. The molecule has 11 heteroatoms. The maximum absolute atomic E-state index is 12.6. The summed E-state index contributed by atoms with van der Waals surface area (Å²) in [5, 5.41) is 3.27. The number of carbonyl (C=O) groups excluding carboxylic acids is 1. The van der Waals surface area contributed by atoms with Gasteiger partial charge in [-0.2, -0.15) is 22.5 Å². The molecule has 3 aromatic rings. The second-order valence-electron chi connectivity index (χ2n) is 6.50. The average Bonchev–Trinajstić information content (AvgIpc) is 3.19. The van der Waals surface area contributed by atoms with Gasteiger partial charge in [0.05, 0.1) is 11.4 Å². The first-order valence-corrected chi connectivity index (χ1v) is 10.00. The van der Waals surface area contributed by atoms with Crippen molar-refractivity contribution in [2.24, 2.45) is 0 Å². The van der Waals surface area contributed by atoms with E-state index in [9.17, 15) is 26.4 Å². The zero-order valence-corrected chi connectivity index (χ0v) is 16.7. The Hall–Kier alpha value is -3.05. The number of nitrogens with zero attached hydrogens (tertiary/aromatic N) is 3. The number of Topliss-reactive ketones (excluding diaryl/α,β-unsaturated/α-hetero) is 1. The standard InChI is InChI=1S/C19H16F3N3O4S/c1-12-4-3-5-15(10-12)30(27,28)25(2)11-16(26)13-6-8-14(9-7-13)17-23-18(29-24-17)19(20,21)22/h3-10H,11H2,1-2H3. The topological polar surface area (TPSA) is 93.4 Å². The molecule has 0 aliphatic carbocycles. The quantitative estimate of drug-likeness (QED) is 0.545. The van der Waals surface area contributed by atoms with Gasteiger partial charge in [0.15, 0.2) is 5.78 Å². The Morgan fingerprint density at radius 3 is 2.37 bits per heavy atom.